The van der Waals surface area contributed by atoms with Crippen LogP contribution in [0.25, 0.3) is 10.9 Å². The van der Waals surface area contributed by atoms with E-state index in [1.807, 2.05) is 31.2 Å². The summed E-state index contributed by atoms with van der Waals surface area (Å²) in [5.41, 5.74) is 4.68. The molecule has 0 saturated heterocycles. The number of carbonyl (C=O) groups excluding carboxylic acids is 2. The molecule has 4 aliphatic rings. The monoisotopic (exact) mass is 748 g/mol. The molecule has 0 aliphatic heterocycles. The Labute approximate surface area is 327 Å². The first-order chi connectivity index (χ1) is 26.4. The van der Waals surface area contributed by atoms with Crippen LogP contribution >= 0.6 is 0 Å². The van der Waals surface area contributed by atoms with Crippen molar-refractivity contribution in [3.63, 3.8) is 0 Å². The van der Waals surface area contributed by atoms with E-state index in [9.17, 15) is 19.8 Å². The van der Waals surface area contributed by atoms with E-state index in [2.05, 4.69) is 62.2 Å². The summed E-state index contributed by atoms with van der Waals surface area (Å²) in [7, 11) is 2.85. The summed E-state index contributed by atoms with van der Waals surface area (Å²) >= 11 is 0. The maximum Gasteiger partial charge on any atom is 0.341 e. The molecule has 0 bridgehead atoms. The number of nitrogens with one attached hydrogen (secondary N) is 1. The first-order valence-electron chi connectivity index (χ1n) is 20.7. The number of rotatable bonds is 9. The van der Waals surface area contributed by atoms with Crippen LogP contribution in [0.15, 0.2) is 48.5 Å². The molecule has 3 aromatic rings. The lowest BCUT2D eigenvalue weighted by molar-refractivity contribution is -0.203. The number of nitrogens with zero attached hydrogens (tertiary/aromatic N) is 1. The average Bonchev–Trinajstić information content (AvgIpc) is 3.56. The van der Waals surface area contributed by atoms with Crippen molar-refractivity contribution in [1.29, 1.82) is 0 Å². The van der Waals surface area contributed by atoms with Crippen molar-refractivity contribution in [2.45, 2.75) is 111 Å². The Hall–Kier alpha value is -3.93. The molecular weight excluding hydrogens is 689 g/mol. The third kappa shape index (κ3) is 7.17. The van der Waals surface area contributed by atoms with Gasteiger partial charge < -0.3 is 25.0 Å². The van der Waals surface area contributed by atoms with Gasteiger partial charge in [0.05, 0.1) is 43.3 Å². The molecule has 7 rings (SSSR count). The van der Waals surface area contributed by atoms with Gasteiger partial charge in [0.1, 0.15) is 5.56 Å². The summed E-state index contributed by atoms with van der Waals surface area (Å²) < 4.78 is 10.1. The van der Waals surface area contributed by atoms with E-state index in [4.69, 9.17) is 14.5 Å². The van der Waals surface area contributed by atoms with Gasteiger partial charge in [-0.1, -0.05) is 69.9 Å². The molecule has 8 nitrogen and oxygen atoms in total. The molecule has 294 valence electrons. The minimum absolute atomic E-state index is 0.0827. The van der Waals surface area contributed by atoms with Gasteiger partial charge in [0.15, 0.2) is 0 Å². The zero-order valence-corrected chi connectivity index (χ0v) is 33.6. The van der Waals surface area contributed by atoms with Gasteiger partial charge in [-0.2, -0.15) is 0 Å². The molecule has 0 amide bonds. The second kappa shape index (κ2) is 15.9. The fourth-order valence-electron chi connectivity index (χ4n) is 12.0. The van der Waals surface area contributed by atoms with Crippen molar-refractivity contribution in [3.05, 3.63) is 70.9 Å². The molecule has 3 N–H and O–H groups in total. The molecule has 4 saturated carbocycles. The molecule has 4 aliphatic carbocycles. The number of para-hydroxylation sites is 1. The van der Waals surface area contributed by atoms with Crippen molar-refractivity contribution in [2.75, 3.05) is 19.5 Å². The van der Waals surface area contributed by atoms with E-state index in [0.29, 0.717) is 60.2 Å². The third-order valence-corrected chi connectivity index (χ3v) is 15.1. The van der Waals surface area contributed by atoms with Crippen molar-refractivity contribution in [3.8, 4) is 11.8 Å². The van der Waals surface area contributed by atoms with Gasteiger partial charge in [-0.25, -0.2) is 4.79 Å². The van der Waals surface area contributed by atoms with Crippen LogP contribution in [0.1, 0.15) is 113 Å². The number of benzene rings is 2. The molecule has 0 spiro atoms. The van der Waals surface area contributed by atoms with E-state index >= 15 is 0 Å². The van der Waals surface area contributed by atoms with E-state index in [0.717, 1.165) is 79.1 Å². The molecule has 1 aromatic heterocycles. The standard InChI is InChI=1S/C47H60N2O6/c1-7-37-43(45(53)55-6)44(33-10-8-9-11-38(33)49-37)48-27-31-17-14-29(15-18-31)13-16-30-22-23-46(3)32(24-30)25-39(50)42-35-20-19-34(28(2)12-21-41(52)54-5)47(35,4)40(51)26-36(42)46/h8-11,14-15,17-18,28,30,32,34-36,39-40,42,50-51H,7,12,19-27H2,1-6H3,(H,48,49)/t28-,30+,32?,34-,35?,36?,39?,40+,42?,46+,47-/m1/s1. The van der Waals surface area contributed by atoms with Gasteiger partial charge in [0.25, 0.3) is 0 Å². The summed E-state index contributed by atoms with van der Waals surface area (Å²) in [6.07, 6.45) is 7.78. The van der Waals surface area contributed by atoms with Crippen molar-refractivity contribution in [1.82, 2.24) is 4.98 Å². The number of aliphatic hydroxyl groups is 2. The normalized spacial score (nSPS) is 32.9. The lowest BCUT2D eigenvalue weighted by Gasteiger charge is -2.63. The second-order valence-electron chi connectivity index (χ2n) is 17.7. The molecule has 5 unspecified atom stereocenters. The molecule has 55 heavy (non-hydrogen) atoms. The van der Waals surface area contributed by atoms with E-state index in [-0.39, 0.29) is 34.7 Å². The minimum atomic E-state index is -0.405. The fourth-order valence-corrected chi connectivity index (χ4v) is 12.0. The minimum Gasteiger partial charge on any atom is -0.469 e. The fraction of sp³-hybridized carbons (Fsp3) is 0.596. The predicted octanol–water partition coefficient (Wildman–Crippen LogP) is 8.35. The maximum atomic E-state index is 12.9. The zero-order chi connectivity index (χ0) is 39.1. The number of anilines is 1. The molecule has 2 aromatic carbocycles. The van der Waals surface area contributed by atoms with Crippen LogP contribution in [0.3, 0.4) is 0 Å². The molecule has 4 fully saturated rings. The number of aromatic nitrogens is 1. The SMILES string of the molecule is CCc1nc2ccccc2c(NCc2ccc(C#C[C@H]3CC[C@@]4(C)C(CC(O)C5C4C[C@H](O)[C@@]4(C)C5CC[C@@H]4[C@H](C)CCC(=O)OC)C3)cc2)c1C(=O)OC. The van der Waals surface area contributed by atoms with Crippen LogP contribution < -0.4 is 5.32 Å². The second-order valence-corrected chi connectivity index (χ2v) is 17.7. The van der Waals surface area contributed by atoms with Crippen LogP contribution in [-0.4, -0.2) is 53.6 Å². The smallest absolute Gasteiger partial charge is 0.341 e. The van der Waals surface area contributed by atoms with Gasteiger partial charge in [0.2, 0.25) is 0 Å². The van der Waals surface area contributed by atoms with Crippen molar-refractivity contribution >= 4 is 28.5 Å². The Bertz CT molecular complexity index is 1950. The van der Waals surface area contributed by atoms with E-state index < -0.39 is 12.1 Å². The Morgan fingerprint density at radius 3 is 2.47 bits per heavy atom. The lowest BCUT2D eigenvalue weighted by Crippen LogP contribution is -2.62. The van der Waals surface area contributed by atoms with E-state index in [1.54, 1.807) is 0 Å². The first kappa shape index (κ1) is 39.3. The topological polar surface area (TPSA) is 118 Å². The molecule has 11 atom stereocenters. The Morgan fingerprint density at radius 2 is 1.75 bits per heavy atom. The van der Waals surface area contributed by atoms with Gasteiger partial charge in [-0.3, -0.25) is 9.78 Å². The summed E-state index contributed by atoms with van der Waals surface area (Å²) in [5, 5.41) is 28.3. The van der Waals surface area contributed by atoms with Gasteiger partial charge in [0, 0.05) is 29.8 Å². The number of carbonyl (C=O) groups is 2. The molecular formula is C47H60N2O6. The molecule has 8 heteroatoms. The molecule has 1 heterocycles. The van der Waals surface area contributed by atoms with Crippen LogP contribution in [0.4, 0.5) is 5.69 Å². The highest BCUT2D eigenvalue weighted by Gasteiger charge is 2.65. The summed E-state index contributed by atoms with van der Waals surface area (Å²) in [5.74, 6) is 8.64. The largest absolute Gasteiger partial charge is 0.469 e. The molecule has 0 radical (unpaired) electrons. The Morgan fingerprint density at radius 1 is 0.982 bits per heavy atom. The lowest BCUT2D eigenvalue weighted by atomic mass is 9.42. The number of pyridine rings is 1. The van der Waals surface area contributed by atoms with Crippen LogP contribution in [0, 0.1) is 64.1 Å². The first-order valence-corrected chi connectivity index (χ1v) is 20.7. The summed E-state index contributed by atoms with van der Waals surface area (Å²) in [6, 6.07) is 16.2. The van der Waals surface area contributed by atoms with Crippen molar-refractivity contribution in [2.24, 2.45) is 52.3 Å². The quantitative estimate of drug-likeness (QED) is 0.148. The summed E-state index contributed by atoms with van der Waals surface area (Å²) in [6.45, 7) is 9.50. The van der Waals surface area contributed by atoms with E-state index in [1.165, 1.54) is 14.2 Å². The average molecular weight is 749 g/mol. The summed E-state index contributed by atoms with van der Waals surface area (Å²) in [4.78, 5) is 29.5. The van der Waals surface area contributed by atoms with Crippen LogP contribution in [-0.2, 0) is 27.2 Å². The number of hydrogen-bond acceptors (Lipinski definition) is 8. The number of fused-ring (bicyclic) bond motifs is 6. The number of ether oxygens (including phenoxy) is 2. The van der Waals surface area contributed by atoms with Crippen molar-refractivity contribution < 1.29 is 29.3 Å². The van der Waals surface area contributed by atoms with Gasteiger partial charge in [-0.05, 0) is 128 Å². The number of esters is 2. The predicted molar refractivity (Wildman–Crippen MR) is 215 cm³/mol. The highest BCUT2D eigenvalue weighted by molar-refractivity contribution is 6.06. The van der Waals surface area contributed by atoms with Gasteiger partial charge >= 0.3 is 11.9 Å². The maximum absolute atomic E-state index is 12.9. The number of aryl methyl sites for hydroxylation is 1. The number of hydrogen-bond donors (Lipinski definition) is 3. The van der Waals surface area contributed by atoms with Gasteiger partial charge in [-0.15, -0.1) is 0 Å². The highest BCUT2D eigenvalue weighted by Crippen LogP contribution is 2.68. The number of methoxy groups -OCH3 is 2. The Kier molecular flexibility index (Phi) is 11.4. The Balaban J connectivity index is 1.01. The zero-order valence-electron chi connectivity index (χ0n) is 33.6. The number of aliphatic hydroxyl groups excluding tert-OH is 2. The highest BCUT2D eigenvalue weighted by atomic mass is 16.5. The third-order valence-electron chi connectivity index (χ3n) is 15.1. The van der Waals surface area contributed by atoms with Crippen LogP contribution in [0.5, 0.6) is 0 Å². The van der Waals surface area contributed by atoms with Crippen LogP contribution in [0.2, 0.25) is 0 Å².